The first-order chi connectivity index (χ1) is 9.17. The van der Waals surface area contributed by atoms with Crippen molar-refractivity contribution in [3.05, 3.63) is 24.0 Å². The summed E-state index contributed by atoms with van der Waals surface area (Å²) in [5.41, 5.74) is 7.16. The zero-order valence-corrected chi connectivity index (χ0v) is 12.9. The van der Waals surface area contributed by atoms with Gasteiger partial charge in [-0.05, 0) is 42.2 Å². The van der Waals surface area contributed by atoms with Crippen LogP contribution >= 0.6 is 0 Å². The van der Waals surface area contributed by atoms with Crippen molar-refractivity contribution in [2.45, 2.75) is 53.0 Å². The molecular formula is C16H25N3O. The second kappa shape index (κ2) is 5.08. The Morgan fingerprint density at radius 2 is 1.90 bits per heavy atom. The van der Waals surface area contributed by atoms with Crippen molar-refractivity contribution in [1.29, 1.82) is 0 Å². The van der Waals surface area contributed by atoms with Gasteiger partial charge in [-0.15, -0.1) is 0 Å². The number of carbonyl (C=O) groups excluding carboxylic acids is 1. The molecule has 0 atom stereocenters. The van der Waals surface area contributed by atoms with Gasteiger partial charge < -0.3 is 11.1 Å². The zero-order chi connectivity index (χ0) is 15.0. The van der Waals surface area contributed by atoms with Crippen molar-refractivity contribution in [1.82, 2.24) is 10.3 Å². The third-order valence-electron chi connectivity index (χ3n) is 3.91. The second-order valence-electron chi connectivity index (χ2n) is 7.56. The number of carbonyl (C=O) groups is 1. The van der Waals surface area contributed by atoms with Gasteiger partial charge in [-0.2, -0.15) is 0 Å². The molecule has 0 radical (unpaired) electrons. The molecule has 1 aromatic heterocycles. The van der Waals surface area contributed by atoms with Crippen LogP contribution in [0.25, 0.3) is 0 Å². The fourth-order valence-corrected chi connectivity index (χ4v) is 3.78. The quantitative estimate of drug-likeness (QED) is 0.871. The second-order valence-corrected chi connectivity index (χ2v) is 7.56. The average molecular weight is 275 g/mol. The summed E-state index contributed by atoms with van der Waals surface area (Å²) in [5.74, 6) is -0.129. The zero-order valence-electron chi connectivity index (χ0n) is 12.9. The number of nitrogens with zero attached hydrogens (tertiary/aromatic N) is 1. The van der Waals surface area contributed by atoms with E-state index in [0.29, 0.717) is 11.4 Å². The van der Waals surface area contributed by atoms with E-state index in [1.54, 1.807) is 18.3 Å². The summed E-state index contributed by atoms with van der Waals surface area (Å²) in [4.78, 5) is 16.3. The van der Waals surface area contributed by atoms with E-state index in [0.717, 1.165) is 12.8 Å². The highest BCUT2D eigenvalue weighted by molar-refractivity contribution is 5.93. The predicted octanol–water partition coefficient (Wildman–Crippen LogP) is 3.00. The number of hydrogen-bond acceptors (Lipinski definition) is 3. The van der Waals surface area contributed by atoms with Crippen molar-refractivity contribution in [3.63, 3.8) is 0 Å². The average Bonchev–Trinajstić information content (AvgIpc) is 2.24. The normalized spacial score (nSPS) is 21.4. The van der Waals surface area contributed by atoms with E-state index < -0.39 is 0 Å². The number of rotatable bonds is 2. The van der Waals surface area contributed by atoms with E-state index >= 15 is 0 Å². The smallest absolute Gasteiger partial charge is 0.270 e. The van der Waals surface area contributed by atoms with Crippen molar-refractivity contribution < 1.29 is 4.79 Å². The summed E-state index contributed by atoms with van der Waals surface area (Å²) >= 11 is 0. The van der Waals surface area contributed by atoms with Crippen molar-refractivity contribution >= 4 is 11.6 Å². The molecule has 1 heterocycles. The Morgan fingerprint density at radius 1 is 1.30 bits per heavy atom. The molecule has 1 amide bonds. The lowest BCUT2D eigenvalue weighted by Gasteiger charge is -2.45. The first-order valence-electron chi connectivity index (χ1n) is 7.19. The van der Waals surface area contributed by atoms with E-state index in [-0.39, 0.29) is 22.8 Å². The summed E-state index contributed by atoms with van der Waals surface area (Å²) in [6.07, 6.45) is 4.76. The van der Waals surface area contributed by atoms with E-state index in [1.807, 2.05) is 0 Å². The molecule has 1 aromatic rings. The topological polar surface area (TPSA) is 68.0 Å². The monoisotopic (exact) mass is 275 g/mol. The molecule has 110 valence electrons. The van der Waals surface area contributed by atoms with E-state index in [9.17, 15) is 4.79 Å². The number of aromatic nitrogens is 1. The first kappa shape index (κ1) is 14.8. The Morgan fingerprint density at radius 3 is 2.45 bits per heavy atom. The van der Waals surface area contributed by atoms with Gasteiger partial charge in [-0.25, -0.2) is 0 Å². The van der Waals surface area contributed by atoms with E-state index in [1.165, 1.54) is 6.42 Å². The van der Waals surface area contributed by atoms with Gasteiger partial charge in [0.05, 0.1) is 0 Å². The highest BCUT2D eigenvalue weighted by Gasteiger charge is 2.39. The Labute approximate surface area is 121 Å². The van der Waals surface area contributed by atoms with Crippen molar-refractivity contribution in [2.24, 2.45) is 10.8 Å². The number of pyridine rings is 1. The molecule has 1 fully saturated rings. The van der Waals surface area contributed by atoms with Crippen LogP contribution in [0.5, 0.6) is 0 Å². The van der Waals surface area contributed by atoms with Gasteiger partial charge in [0.25, 0.3) is 5.91 Å². The standard InChI is InChI=1S/C16H25N3O/c1-15(2)8-12(9-16(3,4)10-15)19-14(20)13-7-11(17)5-6-18-13/h5-7,12H,8-10H2,1-4H3,(H2,17,18)(H,19,20). The van der Waals surface area contributed by atoms with Gasteiger partial charge in [-0.1, -0.05) is 27.7 Å². The van der Waals surface area contributed by atoms with Gasteiger partial charge >= 0.3 is 0 Å². The fourth-order valence-electron chi connectivity index (χ4n) is 3.78. The van der Waals surface area contributed by atoms with Gasteiger partial charge in [-0.3, -0.25) is 9.78 Å². The van der Waals surface area contributed by atoms with Crippen molar-refractivity contribution in [3.8, 4) is 0 Å². The number of nitrogens with two attached hydrogens (primary N) is 1. The van der Waals surface area contributed by atoms with Crippen LogP contribution in [-0.2, 0) is 0 Å². The summed E-state index contributed by atoms with van der Waals surface area (Å²) in [6, 6.07) is 3.50. The van der Waals surface area contributed by atoms with Crippen LogP contribution < -0.4 is 11.1 Å². The highest BCUT2D eigenvalue weighted by atomic mass is 16.1. The van der Waals surface area contributed by atoms with Gasteiger partial charge in [0.1, 0.15) is 5.69 Å². The highest BCUT2D eigenvalue weighted by Crippen LogP contribution is 2.45. The summed E-state index contributed by atoms with van der Waals surface area (Å²) in [5, 5.41) is 3.12. The molecule has 4 nitrogen and oxygen atoms in total. The Bertz CT molecular complexity index is 492. The van der Waals surface area contributed by atoms with Crippen LogP contribution in [0.15, 0.2) is 18.3 Å². The molecule has 1 saturated carbocycles. The van der Waals surface area contributed by atoms with E-state index in [2.05, 4.69) is 38.0 Å². The van der Waals surface area contributed by atoms with Gasteiger partial charge in [0.2, 0.25) is 0 Å². The fraction of sp³-hybridized carbons (Fsp3) is 0.625. The number of amides is 1. The molecule has 1 aliphatic carbocycles. The molecule has 0 aromatic carbocycles. The Hall–Kier alpha value is -1.58. The molecule has 0 aliphatic heterocycles. The molecule has 20 heavy (non-hydrogen) atoms. The maximum Gasteiger partial charge on any atom is 0.270 e. The van der Waals surface area contributed by atoms with Crippen LogP contribution in [0, 0.1) is 10.8 Å². The lowest BCUT2D eigenvalue weighted by molar-refractivity contribution is 0.0710. The molecule has 0 spiro atoms. The van der Waals surface area contributed by atoms with Crippen LogP contribution in [0.3, 0.4) is 0 Å². The van der Waals surface area contributed by atoms with E-state index in [4.69, 9.17) is 5.73 Å². The summed E-state index contributed by atoms with van der Waals surface area (Å²) in [6.45, 7) is 9.08. The Kier molecular flexibility index (Phi) is 3.76. The molecule has 4 heteroatoms. The summed E-state index contributed by atoms with van der Waals surface area (Å²) in [7, 11) is 0. The molecule has 2 rings (SSSR count). The minimum Gasteiger partial charge on any atom is -0.399 e. The molecule has 3 N–H and O–H groups in total. The third kappa shape index (κ3) is 3.71. The predicted molar refractivity (Wildman–Crippen MR) is 81.3 cm³/mol. The molecule has 0 saturated heterocycles. The van der Waals surface area contributed by atoms with Gasteiger partial charge in [0.15, 0.2) is 0 Å². The lowest BCUT2D eigenvalue weighted by atomic mass is 9.63. The molecule has 0 bridgehead atoms. The number of hydrogen-bond donors (Lipinski definition) is 2. The summed E-state index contributed by atoms with van der Waals surface area (Å²) < 4.78 is 0. The lowest BCUT2D eigenvalue weighted by Crippen LogP contribution is -2.46. The van der Waals surface area contributed by atoms with Gasteiger partial charge in [0, 0.05) is 17.9 Å². The minimum absolute atomic E-state index is 0.129. The molecule has 0 unspecified atom stereocenters. The largest absolute Gasteiger partial charge is 0.399 e. The maximum absolute atomic E-state index is 12.3. The maximum atomic E-state index is 12.3. The number of anilines is 1. The Balaban J connectivity index is 2.08. The SMILES string of the molecule is CC1(C)CC(NC(=O)c2cc(N)ccn2)CC(C)(C)C1. The first-order valence-corrected chi connectivity index (χ1v) is 7.19. The number of nitrogen functional groups attached to an aromatic ring is 1. The number of nitrogens with one attached hydrogen (secondary N) is 1. The molecule has 1 aliphatic rings. The van der Waals surface area contributed by atoms with Crippen LogP contribution in [0.2, 0.25) is 0 Å². The van der Waals surface area contributed by atoms with Crippen LogP contribution in [0.4, 0.5) is 5.69 Å². The van der Waals surface area contributed by atoms with Crippen LogP contribution in [0.1, 0.15) is 57.4 Å². The van der Waals surface area contributed by atoms with Crippen molar-refractivity contribution in [2.75, 3.05) is 5.73 Å². The van der Waals surface area contributed by atoms with Crippen LogP contribution in [-0.4, -0.2) is 16.9 Å². The third-order valence-corrected chi connectivity index (χ3v) is 3.91. The molecular weight excluding hydrogens is 250 g/mol. The minimum atomic E-state index is -0.129.